The Morgan fingerprint density at radius 2 is 1.57 bits per heavy atom. The molecule has 7 nitrogen and oxygen atoms in total. The third-order valence-electron chi connectivity index (χ3n) is 6.12. The quantitative estimate of drug-likeness (QED) is 0.354. The number of carbonyl (C=O) groups excluding carboxylic acids is 1. The largest absolute Gasteiger partial charge is 0.480 e. The third kappa shape index (κ3) is 6.60. The van der Waals surface area contributed by atoms with Crippen molar-refractivity contribution in [1.82, 2.24) is 9.80 Å². The second-order valence-electron chi connectivity index (χ2n) is 8.23. The molecule has 1 saturated heterocycles. The highest BCUT2D eigenvalue weighted by molar-refractivity contribution is 8.03. The van der Waals surface area contributed by atoms with Crippen molar-refractivity contribution in [3.8, 4) is 0 Å². The lowest BCUT2D eigenvalue weighted by Gasteiger charge is -2.18. The normalized spacial score (nSPS) is 17.1. The van der Waals surface area contributed by atoms with Gasteiger partial charge in [0.1, 0.15) is 12.2 Å². The minimum atomic E-state index is -1.06. The molecule has 2 aliphatic heterocycles. The highest BCUT2D eigenvalue weighted by Crippen LogP contribution is 2.45. The van der Waals surface area contributed by atoms with Crippen LogP contribution in [-0.2, 0) is 9.59 Å². The van der Waals surface area contributed by atoms with Gasteiger partial charge in [0.25, 0.3) is 5.91 Å². The van der Waals surface area contributed by atoms with E-state index in [1.807, 2.05) is 36.4 Å². The molecule has 4 rings (SSSR count). The first-order valence-corrected chi connectivity index (χ1v) is 13.7. The minimum absolute atomic E-state index is 0.160. The van der Waals surface area contributed by atoms with E-state index in [1.54, 1.807) is 30.0 Å². The lowest BCUT2D eigenvalue weighted by Crippen LogP contribution is -2.35. The first-order chi connectivity index (χ1) is 17.9. The van der Waals surface area contributed by atoms with Crippen LogP contribution in [0.15, 0.2) is 82.4 Å². The molecule has 37 heavy (non-hydrogen) atoms. The minimum Gasteiger partial charge on any atom is -0.480 e. The van der Waals surface area contributed by atoms with Crippen LogP contribution >= 0.6 is 24.0 Å². The maximum atomic E-state index is 13.2. The lowest BCUT2D eigenvalue weighted by molar-refractivity contribution is -0.137. The summed E-state index contributed by atoms with van der Waals surface area (Å²) in [5.41, 5.74) is 1.97. The molecule has 0 atom stereocenters. The van der Waals surface area contributed by atoms with Crippen molar-refractivity contribution in [2.75, 3.05) is 42.5 Å². The Morgan fingerprint density at radius 3 is 2.14 bits per heavy atom. The summed E-state index contributed by atoms with van der Waals surface area (Å²) < 4.78 is 0. The summed E-state index contributed by atoms with van der Waals surface area (Å²) >= 11 is 7.08. The zero-order chi connectivity index (χ0) is 26.9. The van der Waals surface area contributed by atoms with E-state index in [4.69, 9.17) is 12.2 Å². The topological polar surface area (TPSA) is 67.3 Å². The Hall–Kier alpha value is -3.14. The Morgan fingerprint density at radius 1 is 0.946 bits per heavy atom. The van der Waals surface area contributed by atoms with Gasteiger partial charge in [-0.1, -0.05) is 62.9 Å². The molecular formula is C28H34N4O3S2. The summed E-state index contributed by atoms with van der Waals surface area (Å²) in [5.74, 6) is -1.40. The third-order valence-corrected chi connectivity index (χ3v) is 7.65. The molecule has 0 aromatic heterocycles. The fraction of sp³-hybridized carbons (Fsp3) is 0.321. The highest BCUT2D eigenvalue weighted by atomic mass is 32.2. The van der Waals surface area contributed by atoms with Gasteiger partial charge in [0, 0.05) is 11.4 Å². The van der Waals surface area contributed by atoms with E-state index in [0.717, 1.165) is 22.2 Å². The number of carbonyl (C=O) groups is 2. The summed E-state index contributed by atoms with van der Waals surface area (Å²) in [5, 5.41) is 10.5. The number of anilines is 2. The number of fused-ring (bicyclic) bond motifs is 1. The van der Waals surface area contributed by atoms with Gasteiger partial charge in [0.05, 0.1) is 16.4 Å². The number of hydrogen-bond donors (Lipinski definition) is 1. The standard InChI is InChI=1S/C22H19N3O3S2.C6H15N/c1-2-23-16-10-6-7-11-18(16)30-19(23)13-12-17-21(28)25(15-8-4-3-5-9-15)22(29)24(17)14-20(26)27;1-4-7(5-2)6-3/h3-13H,2,14H2,1H3,(H,26,27);4-6H2,1-3H3/b17-12?,19-13-;. The van der Waals surface area contributed by atoms with E-state index in [0.29, 0.717) is 5.69 Å². The van der Waals surface area contributed by atoms with Crippen molar-refractivity contribution >= 4 is 52.3 Å². The Labute approximate surface area is 229 Å². The fourth-order valence-corrected chi connectivity index (χ4v) is 5.60. The van der Waals surface area contributed by atoms with Crippen LogP contribution in [0.3, 0.4) is 0 Å². The maximum Gasteiger partial charge on any atom is 0.323 e. The van der Waals surface area contributed by atoms with Crippen LogP contribution in [0.25, 0.3) is 0 Å². The number of thiocarbonyl (C=S) groups is 1. The van der Waals surface area contributed by atoms with Gasteiger partial charge in [-0.15, -0.1) is 0 Å². The highest BCUT2D eigenvalue weighted by Gasteiger charge is 2.39. The van der Waals surface area contributed by atoms with Crippen molar-refractivity contribution in [3.63, 3.8) is 0 Å². The number of carboxylic acids is 1. The van der Waals surface area contributed by atoms with Gasteiger partial charge < -0.3 is 19.8 Å². The van der Waals surface area contributed by atoms with E-state index in [-0.39, 0.29) is 23.3 Å². The molecule has 1 amide bonds. The number of aliphatic carboxylic acids is 1. The Bertz CT molecular complexity index is 1170. The average molecular weight is 539 g/mol. The molecule has 2 heterocycles. The predicted molar refractivity (Wildman–Crippen MR) is 156 cm³/mol. The smallest absolute Gasteiger partial charge is 0.323 e. The van der Waals surface area contributed by atoms with Crippen molar-refractivity contribution in [3.05, 3.63) is 77.5 Å². The van der Waals surface area contributed by atoms with E-state index >= 15 is 0 Å². The summed E-state index contributed by atoms with van der Waals surface area (Å²) in [4.78, 5) is 33.0. The molecule has 0 spiro atoms. The van der Waals surface area contributed by atoms with E-state index in [9.17, 15) is 14.7 Å². The van der Waals surface area contributed by atoms with E-state index in [1.165, 1.54) is 29.4 Å². The van der Waals surface area contributed by atoms with Crippen LogP contribution in [0.4, 0.5) is 11.4 Å². The molecule has 9 heteroatoms. The summed E-state index contributed by atoms with van der Waals surface area (Å²) in [7, 11) is 0. The number of para-hydroxylation sites is 2. The summed E-state index contributed by atoms with van der Waals surface area (Å²) in [6, 6.07) is 17.1. The summed E-state index contributed by atoms with van der Waals surface area (Å²) in [6.07, 6.45) is 3.52. The molecular weight excluding hydrogens is 504 g/mol. The molecule has 2 aromatic rings. The Kier molecular flexibility index (Phi) is 10.3. The average Bonchev–Trinajstić information content (AvgIpc) is 3.37. The molecule has 0 saturated carbocycles. The van der Waals surface area contributed by atoms with Crippen LogP contribution < -0.4 is 9.80 Å². The molecule has 0 radical (unpaired) electrons. The van der Waals surface area contributed by atoms with Gasteiger partial charge in [-0.3, -0.25) is 14.5 Å². The molecule has 2 aliphatic rings. The van der Waals surface area contributed by atoms with Gasteiger partial charge in [-0.05, 0) is 75.2 Å². The number of rotatable bonds is 8. The molecule has 0 bridgehead atoms. The van der Waals surface area contributed by atoms with Crippen molar-refractivity contribution < 1.29 is 14.7 Å². The zero-order valence-corrected chi connectivity index (χ0v) is 23.4. The maximum absolute atomic E-state index is 13.2. The second kappa shape index (κ2) is 13.4. The van der Waals surface area contributed by atoms with Gasteiger partial charge >= 0.3 is 5.97 Å². The first-order valence-electron chi connectivity index (χ1n) is 12.5. The number of thioether (sulfide) groups is 1. The molecule has 2 aromatic carbocycles. The van der Waals surface area contributed by atoms with Crippen LogP contribution in [0.2, 0.25) is 0 Å². The van der Waals surface area contributed by atoms with Crippen LogP contribution in [0.5, 0.6) is 0 Å². The van der Waals surface area contributed by atoms with Crippen molar-refractivity contribution in [2.24, 2.45) is 0 Å². The monoisotopic (exact) mass is 538 g/mol. The number of allylic oxidation sites excluding steroid dienone is 2. The van der Waals surface area contributed by atoms with Crippen LogP contribution in [-0.4, -0.2) is 64.6 Å². The van der Waals surface area contributed by atoms with Gasteiger partial charge in [0.2, 0.25) is 0 Å². The molecule has 196 valence electrons. The Balaban J connectivity index is 0.000000479. The number of carboxylic acid groups (broad SMARTS) is 1. The predicted octanol–water partition coefficient (Wildman–Crippen LogP) is 5.41. The number of benzene rings is 2. The lowest BCUT2D eigenvalue weighted by atomic mass is 10.2. The molecule has 0 aliphatic carbocycles. The first kappa shape index (κ1) is 28.4. The number of amides is 1. The van der Waals surface area contributed by atoms with Gasteiger partial charge in [0.15, 0.2) is 5.11 Å². The van der Waals surface area contributed by atoms with Crippen molar-refractivity contribution in [1.29, 1.82) is 0 Å². The fourth-order valence-electron chi connectivity index (χ4n) is 4.12. The summed E-state index contributed by atoms with van der Waals surface area (Å²) in [6.45, 7) is 12.6. The van der Waals surface area contributed by atoms with Gasteiger partial charge in [-0.25, -0.2) is 0 Å². The van der Waals surface area contributed by atoms with Gasteiger partial charge in [-0.2, -0.15) is 0 Å². The second-order valence-corrected chi connectivity index (χ2v) is 9.66. The van der Waals surface area contributed by atoms with Crippen molar-refractivity contribution in [2.45, 2.75) is 32.6 Å². The zero-order valence-electron chi connectivity index (χ0n) is 21.8. The van der Waals surface area contributed by atoms with E-state index < -0.39 is 5.97 Å². The number of nitrogens with zero attached hydrogens (tertiary/aromatic N) is 4. The van der Waals surface area contributed by atoms with Crippen LogP contribution in [0.1, 0.15) is 27.7 Å². The van der Waals surface area contributed by atoms with E-state index in [2.05, 4.69) is 49.6 Å². The molecule has 1 fully saturated rings. The van der Waals surface area contributed by atoms with Crippen LogP contribution in [0, 0.1) is 0 Å². The molecule has 1 N–H and O–H groups in total. The SMILES string of the molecule is CCN(CC)CC.CCN1/C(=C/C=C2C(=O)N(c3ccccc3)C(=S)N2CC(=O)O)Sc2ccccc21. The molecule has 0 unspecified atom stereocenters. The number of hydrogen-bond acceptors (Lipinski definition) is 6.